The Morgan fingerprint density at radius 3 is 2.94 bits per heavy atom. The van der Waals surface area contributed by atoms with Crippen molar-refractivity contribution in [3.8, 4) is 0 Å². The molecule has 0 radical (unpaired) electrons. The van der Waals surface area contributed by atoms with Crippen LogP contribution >= 0.6 is 23.4 Å². The molecule has 0 bridgehead atoms. The van der Waals surface area contributed by atoms with Crippen molar-refractivity contribution in [2.45, 2.75) is 16.7 Å². The minimum Gasteiger partial charge on any atom is -0.326 e. The average molecular weight is 256 g/mol. The molecule has 0 aromatic carbocycles. The molecule has 5 nitrogen and oxygen atoms in total. The Kier molecular flexibility index (Phi) is 3.42. The average Bonchev–Trinajstić information content (AvgIpc) is 2.68. The van der Waals surface area contributed by atoms with E-state index in [1.807, 2.05) is 13.1 Å². The van der Waals surface area contributed by atoms with E-state index in [1.165, 1.54) is 18.1 Å². The quantitative estimate of drug-likeness (QED) is 0.900. The van der Waals surface area contributed by atoms with Crippen molar-refractivity contribution >= 4 is 23.4 Å². The third-order valence-corrected chi connectivity index (χ3v) is 3.60. The number of pyridine rings is 1. The van der Waals surface area contributed by atoms with Crippen molar-refractivity contribution in [1.82, 2.24) is 19.7 Å². The van der Waals surface area contributed by atoms with Gasteiger partial charge in [0.15, 0.2) is 5.16 Å². The Bertz CT molecular complexity index is 498. The van der Waals surface area contributed by atoms with Crippen LogP contribution in [0.3, 0.4) is 0 Å². The first-order valence-corrected chi connectivity index (χ1v) is 5.77. The normalized spacial score (nSPS) is 10.7. The van der Waals surface area contributed by atoms with Crippen LogP contribution in [0.5, 0.6) is 0 Å². The molecule has 7 heteroatoms. The van der Waals surface area contributed by atoms with Gasteiger partial charge in [-0.25, -0.2) is 14.6 Å². The lowest BCUT2D eigenvalue weighted by molar-refractivity contribution is 0.684. The predicted molar refractivity (Wildman–Crippen MR) is 62.3 cm³/mol. The van der Waals surface area contributed by atoms with E-state index >= 15 is 0 Å². The first-order valence-electron chi connectivity index (χ1n) is 4.57. The Balaban J connectivity index is 2.32. The lowest BCUT2D eigenvalue weighted by Crippen LogP contribution is -1.99. The lowest BCUT2D eigenvalue weighted by atomic mass is 10.3. The molecule has 2 heterocycles. The molecule has 0 atom stereocenters. The third kappa shape index (κ3) is 2.18. The summed E-state index contributed by atoms with van der Waals surface area (Å²) in [6.07, 6.45) is 3.18. The summed E-state index contributed by atoms with van der Waals surface area (Å²) < 4.78 is 1.66. The number of aromatic nitrogens is 4. The van der Waals surface area contributed by atoms with Crippen molar-refractivity contribution in [2.24, 2.45) is 12.8 Å². The van der Waals surface area contributed by atoms with Crippen molar-refractivity contribution < 1.29 is 0 Å². The van der Waals surface area contributed by atoms with Gasteiger partial charge in [0.25, 0.3) is 0 Å². The van der Waals surface area contributed by atoms with E-state index in [1.54, 1.807) is 10.9 Å². The fraction of sp³-hybridized carbons (Fsp3) is 0.222. The van der Waals surface area contributed by atoms with Gasteiger partial charge in [0.2, 0.25) is 0 Å². The van der Waals surface area contributed by atoms with Gasteiger partial charge in [0.1, 0.15) is 11.4 Å². The second-order valence-electron chi connectivity index (χ2n) is 3.06. The molecule has 0 aliphatic carbocycles. The van der Waals surface area contributed by atoms with E-state index in [0.29, 0.717) is 16.6 Å². The van der Waals surface area contributed by atoms with Gasteiger partial charge < -0.3 is 5.73 Å². The molecule has 0 saturated heterocycles. The second kappa shape index (κ2) is 4.82. The zero-order chi connectivity index (χ0) is 11.5. The van der Waals surface area contributed by atoms with Gasteiger partial charge in [-0.05, 0) is 23.4 Å². The van der Waals surface area contributed by atoms with Crippen molar-refractivity contribution in [3.05, 3.63) is 29.2 Å². The van der Waals surface area contributed by atoms with Gasteiger partial charge in [0.05, 0.1) is 5.02 Å². The van der Waals surface area contributed by atoms with E-state index in [4.69, 9.17) is 17.3 Å². The predicted octanol–water partition coefficient (Wildman–Crippen LogP) is 1.47. The minimum atomic E-state index is 0.397. The number of aryl methyl sites for hydroxylation is 1. The summed E-state index contributed by atoms with van der Waals surface area (Å²) in [5.74, 6) is 0. The number of nitrogens with two attached hydrogens (primary N) is 1. The summed E-state index contributed by atoms with van der Waals surface area (Å²) >= 11 is 7.53. The monoisotopic (exact) mass is 255 g/mol. The molecule has 0 saturated carbocycles. The number of hydrogen-bond donors (Lipinski definition) is 1. The summed E-state index contributed by atoms with van der Waals surface area (Å²) in [4.78, 5) is 8.29. The standard InChI is InChI=1S/C9H10ClN5S/c1-15-9(13-5-14-15)16-8-7(10)6(4-11)2-3-12-8/h2-3,5H,4,11H2,1H3. The van der Waals surface area contributed by atoms with Crippen molar-refractivity contribution in [2.75, 3.05) is 0 Å². The summed E-state index contributed by atoms with van der Waals surface area (Å²) in [5, 5.41) is 5.99. The first-order chi connectivity index (χ1) is 7.72. The molecule has 2 aromatic rings. The smallest absolute Gasteiger partial charge is 0.192 e. The maximum absolute atomic E-state index is 6.16. The molecule has 0 spiro atoms. The van der Waals surface area contributed by atoms with Crippen LogP contribution in [0.25, 0.3) is 0 Å². The van der Waals surface area contributed by atoms with E-state index in [-0.39, 0.29) is 0 Å². The van der Waals surface area contributed by atoms with E-state index < -0.39 is 0 Å². The zero-order valence-electron chi connectivity index (χ0n) is 8.59. The first kappa shape index (κ1) is 11.4. The Morgan fingerprint density at radius 2 is 2.31 bits per heavy atom. The number of rotatable bonds is 3. The largest absolute Gasteiger partial charge is 0.326 e. The highest BCUT2D eigenvalue weighted by Gasteiger charge is 2.10. The molecular weight excluding hydrogens is 246 g/mol. The van der Waals surface area contributed by atoms with Crippen LogP contribution in [0.4, 0.5) is 0 Å². The minimum absolute atomic E-state index is 0.397. The summed E-state index contributed by atoms with van der Waals surface area (Å²) in [6, 6.07) is 1.81. The van der Waals surface area contributed by atoms with Crippen LogP contribution in [0.1, 0.15) is 5.56 Å². The summed E-state index contributed by atoms with van der Waals surface area (Å²) in [5.41, 5.74) is 6.44. The fourth-order valence-corrected chi connectivity index (χ4v) is 2.25. The number of halogens is 1. The van der Waals surface area contributed by atoms with Crippen LogP contribution in [0, 0.1) is 0 Å². The van der Waals surface area contributed by atoms with Crippen molar-refractivity contribution in [1.29, 1.82) is 0 Å². The van der Waals surface area contributed by atoms with Gasteiger partial charge in [0, 0.05) is 19.8 Å². The highest BCUT2D eigenvalue weighted by molar-refractivity contribution is 7.99. The Labute approximate surface area is 102 Å². The molecule has 0 amide bonds. The molecule has 2 rings (SSSR count). The molecule has 0 aliphatic heterocycles. The molecule has 0 fully saturated rings. The molecule has 84 valence electrons. The Morgan fingerprint density at radius 1 is 1.50 bits per heavy atom. The second-order valence-corrected chi connectivity index (χ2v) is 4.40. The molecule has 2 aromatic heterocycles. The van der Waals surface area contributed by atoms with E-state index in [2.05, 4.69) is 15.1 Å². The van der Waals surface area contributed by atoms with E-state index in [9.17, 15) is 0 Å². The van der Waals surface area contributed by atoms with Crippen LogP contribution in [-0.2, 0) is 13.6 Å². The fourth-order valence-electron chi connectivity index (χ4n) is 1.16. The molecular formula is C9H10ClN5S. The maximum Gasteiger partial charge on any atom is 0.192 e. The zero-order valence-corrected chi connectivity index (χ0v) is 10.2. The molecule has 0 unspecified atom stereocenters. The van der Waals surface area contributed by atoms with Crippen LogP contribution in [0.2, 0.25) is 5.02 Å². The number of hydrogen-bond acceptors (Lipinski definition) is 5. The SMILES string of the molecule is Cn1ncnc1Sc1nccc(CN)c1Cl. The Hall–Kier alpha value is -1.11. The van der Waals surface area contributed by atoms with Crippen LogP contribution in [0.15, 0.2) is 28.8 Å². The highest BCUT2D eigenvalue weighted by Crippen LogP contribution is 2.31. The highest BCUT2D eigenvalue weighted by atomic mass is 35.5. The number of nitrogens with zero attached hydrogens (tertiary/aromatic N) is 4. The van der Waals surface area contributed by atoms with Gasteiger partial charge in [-0.3, -0.25) is 0 Å². The van der Waals surface area contributed by atoms with Crippen LogP contribution in [-0.4, -0.2) is 19.7 Å². The van der Waals surface area contributed by atoms with Crippen molar-refractivity contribution in [3.63, 3.8) is 0 Å². The topological polar surface area (TPSA) is 69.6 Å². The van der Waals surface area contributed by atoms with Gasteiger partial charge in [-0.1, -0.05) is 11.6 Å². The molecule has 16 heavy (non-hydrogen) atoms. The lowest BCUT2D eigenvalue weighted by Gasteiger charge is -2.05. The van der Waals surface area contributed by atoms with E-state index in [0.717, 1.165) is 10.7 Å². The maximum atomic E-state index is 6.16. The van der Waals surface area contributed by atoms with Gasteiger partial charge in [-0.15, -0.1) is 0 Å². The van der Waals surface area contributed by atoms with Gasteiger partial charge >= 0.3 is 0 Å². The summed E-state index contributed by atoms with van der Waals surface area (Å²) in [6.45, 7) is 0.397. The van der Waals surface area contributed by atoms with Crippen LogP contribution < -0.4 is 5.73 Å². The third-order valence-electron chi connectivity index (χ3n) is 2.01. The molecule has 0 aliphatic rings. The molecule has 2 N–H and O–H groups in total. The van der Waals surface area contributed by atoms with Gasteiger partial charge in [-0.2, -0.15) is 5.10 Å². The summed E-state index contributed by atoms with van der Waals surface area (Å²) in [7, 11) is 1.82.